The van der Waals surface area contributed by atoms with E-state index in [4.69, 9.17) is 0 Å². The molecule has 162 valence electrons. The number of nitrogens with zero attached hydrogens (tertiary/aromatic N) is 5. The predicted octanol–water partition coefficient (Wildman–Crippen LogP) is 1.90. The molecule has 0 unspecified atom stereocenters. The molecule has 5 rings (SSSR count). The normalized spacial score (nSPS) is 17.6. The Bertz CT molecular complexity index is 1100. The summed E-state index contributed by atoms with van der Waals surface area (Å²) in [4.78, 5) is 26.3. The number of aromatic nitrogens is 3. The van der Waals surface area contributed by atoms with Gasteiger partial charge < -0.3 is 25.0 Å². The van der Waals surface area contributed by atoms with E-state index in [0.717, 1.165) is 74.6 Å². The third-order valence-electron chi connectivity index (χ3n) is 6.37. The molecule has 8 nitrogen and oxygen atoms in total. The minimum atomic E-state index is 0.0339. The largest absolute Gasteiger partial charge is 0.368 e. The van der Waals surface area contributed by atoms with Crippen molar-refractivity contribution in [1.82, 2.24) is 24.8 Å². The van der Waals surface area contributed by atoms with Crippen LogP contribution in [0.3, 0.4) is 0 Å². The Labute approximate surface area is 181 Å². The monoisotopic (exact) mass is 419 g/mol. The van der Waals surface area contributed by atoms with Crippen LogP contribution in [0.4, 0.5) is 17.3 Å². The number of anilines is 3. The number of pyridine rings is 3. The van der Waals surface area contributed by atoms with Crippen molar-refractivity contribution in [2.45, 2.75) is 13.0 Å². The molecule has 2 saturated heterocycles. The van der Waals surface area contributed by atoms with E-state index in [-0.39, 0.29) is 5.56 Å². The molecule has 0 atom stereocenters. The Hall–Kier alpha value is -2.97. The predicted molar refractivity (Wildman–Crippen MR) is 124 cm³/mol. The van der Waals surface area contributed by atoms with E-state index < -0.39 is 0 Å². The van der Waals surface area contributed by atoms with Crippen LogP contribution in [0, 0.1) is 5.92 Å². The van der Waals surface area contributed by atoms with E-state index in [2.05, 4.69) is 43.5 Å². The van der Waals surface area contributed by atoms with Crippen molar-refractivity contribution in [1.29, 1.82) is 0 Å². The Kier molecular flexibility index (Phi) is 5.57. The summed E-state index contributed by atoms with van der Waals surface area (Å²) in [5.74, 6) is 2.09. The summed E-state index contributed by atoms with van der Waals surface area (Å²) < 4.78 is 1.87. The van der Waals surface area contributed by atoms with Gasteiger partial charge in [0.05, 0.1) is 17.4 Å². The van der Waals surface area contributed by atoms with Crippen LogP contribution in [0.2, 0.25) is 0 Å². The van der Waals surface area contributed by atoms with Crippen molar-refractivity contribution in [2.75, 3.05) is 56.5 Å². The average molecular weight is 420 g/mol. The minimum absolute atomic E-state index is 0.0339. The maximum absolute atomic E-state index is 12.5. The highest BCUT2D eigenvalue weighted by Crippen LogP contribution is 2.21. The maximum atomic E-state index is 12.5. The lowest BCUT2D eigenvalue weighted by Gasteiger charge is -2.33. The molecule has 3 aromatic rings. The summed E-state index contributed by atoms with van der Waals surface area (Å²) in [6.07, 6.45) is 4.74. The number of likely N-dealkylation sites (N-methyl/N-ethyl adjacent to an activating group) is 1. The van der Waals surface area contributed by atoms with Gasteiger partial charge in [-0.1, -0.05) is 0 Å². The van der Waals surface area contributed by atoms with Gasteiger partial charge in [0.1, 0.15) is 11.6 Å². The number of fused-ring (bicyclic) bond motifs is 1. The standard InChI is InChI=1S/C23H29N7O/c1-28-8-10-29(11-9-28)19-3-4-21(26-16-19)27-22-12-20-18(15-25-22)2-5-23(31)30(20)7-6-17-13-24-14-17/h2-5,12,15-17,24H,6-11,13-14H2,1H3,(H,25,26,27). The molecule has 2 fully saturated rings. The van der Waals surface area contributed by atoms with Gasteiger partial charge >= 0.3 is 0 Å². The second kappa shape index (κ2) is 8.64. The smallest absolute Gasteiger partial charge is 0.251 e. The van der Waals surface area contributed by atoms with Crippen molar-refractivity contribution < 1.29 is 0 Å². The van der Waals surface area contributed by atoms with Crippen molar-refractivity contribution in [2.24, 2.45) is 5.92 Å². The first-order chi connectivity index (χ1) is 15.2. The van der Waals surface area contributed by atoms with Crippen LogP contribution in [0.5, 0.6) is 0 Å². The van der Waals surface area contributed by atoms with Gasteiger partial charge in [-0.3, -0.25) is 4.79 Å². The van der Waals surface area contributed by atoms with Crippen molar-refractivity contribution in [3.8, 4) is 0 Å². The molecule has 2 aliphatic heterocycles. The van der Waals surface area contributed by atoms with E-state index >= 15 is 0 Å². The van der Waals surface area contributed by atoms with Gasteiger partial charge in [0.15, 0.2) is 0 Å². The topological polar surface area (TPSA) is 78.3 Å². The highest BCUT2D eigenvalue weighted by Gasteiger charge is 2.17. The molecule has 0 spiro atoms. The molecule has 2 N–H and O–H groups in total. The third kappa shape index (κ3) is 4.40. The molecule has 8 heteroatoms. The second-order valence-electron chi connectivity index (χ2n) is 8.58. The lowest BCUT2D eigenvalue weighted by Crippen LogP contribution is -2.44. The van der Waals surface area contributed by atoms with Gasteiger partial charge in [-0.15, -0.1) is 0 Å². The van der Waals surface area contributed by atoms with Gasteiger partial charge in [-0.25, -0.2) is 9.97 Å². The molecule has 0 saturated carbocycles. The molecule has 0 radical (unpaired) electrons. The number of hydrogen-bond donors (Lipinski definition) is 2. The van der Waals surface area contributed by atoms with Gasteiger partial charge in [-0.05, 0) is 50.7 Å². The minimum Gasteiger partial charge on any atom is -0.368 e. The molecule has 0 bridgehead atoms. The molecule has 0 amide bonds. The molecule has 31 heavy (non-hydrogen) atoms. The van der Waals surface area contributed by atoms with Gasteiger partial charge in [0.25, 0.3) is 5.56 Å². The fourth-order valence-electron chi connectivity index (χ4n) is 4.19. The molecule has 2 aliphatic rings. The third-order valence-corrected chi connectivity index (χ3v) is 6.37. The Morgan fingerprint density at radius 3 is 2.55 bits per heavy atom. The Morgan fingerprint density at radius 2 is 1.84 bits per heavy atom. The van der Waals surface area contributed by atoms with Crippen LogP contribution < -0.4 is 21.1 Å². The average Bonchev–Trinajstić information content (AvgIpc) is 2.75. The first-order valence-electron chi connectivity index (χ1n) is 11.0. The molecule has 0 aliphatic carbocycles. The fraction of sp³-hybridized carbons (Fsp3) is 0.435. The number of hydrogen-bond acceptors (Lipinski definition) is 7. The highest BCUT2D eigenvalue weighted by molar-refractivity contribution is 5.81. The van der Waals surface area contributed by atoms with E-state index in [0.29, 0.717) is 11.7 Å². The van der Waals surface area contributed by atoms with E-state index in [9.17, 15) is 4.79 Å². The van der Waals surface area contributed by atoms with Crippen LogP contribution in [0.1, 0.15) is 6.42 Å². The zero-order chi connectivity index (χ0) is 21.2. The molecule has 5 heterocycles. The SMILES string of the molecule is CN1CCN(c2ccc(Nc3cc4c(ccc(=O)n4CCC4CNC4)cn3)nc2)CC1. The quantitative estimate of drug-likeness (QED) is 0.632. The highest BCUT2D eigenvalue weighted by atomic mass is 16.1. The van der Waals surface area contributed by atoms with E-state index in [1.165, 1.54) is 0 Å². The van der Waals surface area contributed by atoms with Gasteiger partial charge in [0, 0.05) is 56.4 Å². The molecule has 0 aromatic carbocycles. The zero-order valence-corrected chi connectivity index (χ0v) is 17.9. The Balaban J connectivity index is 1.33. The molecular weight excluding hydrogens is 390 g/mol. The Morgan fingerprint density at radius 1 is 1.03 bits per heavy atom. The van der Waals surface area contributed by atoms with Gasteiger partial charge in [-0.2, -0.15) is 0 Å². The summed E-state index contributed by atoms with van der Waals surface area (Å²) in [6, 6.07) is 9.52. The van der Waals surface area contributed by atoms with Crippen molar-refractivity contribution >= 4 is 28.2 Å². The molecular formula is C23H29N7O. The lowest BCUT2D eigenvalue weighted by molar-refractivity contribution is 0.312. The van der Waals surface area contributed by atoms with Crippen LogP contribution in [0.15, 0.2) is 47.5 Å². The molecule has 3 aromatic heterocycles. The van der Waals surface area contributed by atoms with Crippen molar-refractivity contribution in [3.63, 3.8) is 0 Å². The summed E-state index contributed by atoms with van der Waals surface area (Å²) >= 11 is 0. The van der Waals surface area contributed by atoms with Crippen LogP contribution >= 0.6 is 0 Å². The van der Waals surface area contributed by atoms with Crippen LogP contribution in [-0.4, -0.2) is 65.8 Å². The maximum Gasteiger partial charge on any atom is 0.251 e. The number of aryl methyl sites for hydroxylation is 1. The summed E-state index contributed by atoms with van der Waals surface area (Å²) in [5, 5.41) is 7.55. The summed E-state index contributed by atoms with van der Waals surface area (Å²) in [7, 11) is 2.16. The summed E-state index contributed by atoms with van der Waals surface area (Å²) in [5.41, 5.74) is 2.09. The lowest BCUT2D eigenvalue weighted by atomic mass is 9.99. The fourth-order valence-corrected chi connectivity index (χ4v) is 4.19. The van der Waals surface area contributed by atoms with Gasteiger partial charge in [0.2, 0.25) is 0 Å². The number of rotatable bonds is 6. The first-order valence-corrected chi connectivity index (χ1v) is 11.0. The van der Waals surface area contributed by atoms with Crippen molar-refractivity contribution in [3.05, 3.63) is 53.1 Å². The van der Waals surface area contributed by atoms with E-state index in [1.54, 1.807) is 6.07 Å². The van der Waals surface area contributed by atoms with Crippen LogP contribution in [0.25, 0.3) is 10.9 Å². The zero-order valence-electron chi connectivity index (χ0n) is 17.9. The summed E-state index contributed by atoms with van der Waals surface area (Å²) in [6.45, 7) is 6.99. The van der Waals surface area contributed by atoms with E-state index in [1.807, 2.05) is 35.2 Å². The number of piperazine rings is 1. The number of nitrogens with one attached hydrogen (secondary N) is 2. The van der Waals surface area contributed by atoms with Crippen LogP contribution in [-0.2, 0) is 6.54 Å². The second-order valence-corrected chi connectivity index (χ2v) is 8.58. The first kappa shape index (κ1) is 20.0.